The molecule has 2 heterocycles. The molecule has 0 bridgehead atoms. The molecule has 0 aliphatic heterocycles. The van der Waals surface area contributed by atoms with Crippen LogP contribution in [0.2, 0.25) is 0 Å². The zero-order valence-electron chi connectivity index (χ0n) is 13.2. The molecule has 124 valence electrons. The second-order valence-electron chi connectivity index (χ2n) is 5.17. The highest BCUT2D eigenvalue weighted by Gasteiger charge is 2.12. The number of carbonyl (C=O) groups is 1. The summed E-state index contributed by atoms with van der Waals surface area (Å²) < 4.78 is 15.4. The van der Waals surface area contributed by atoms with Crippen molar-refractivity contribution in [1.82, 2.24) is 10.1 Å². The molecule has 0 saturated carbocycles. The van der Waals surface area contributed by atoms with E-state index < -0.39 is 0 Å². The minimum atomic E-state index is -0.123. The van der Waals surface area contributed by atoms with Crippen molar-refractivity contribution in [1.29, 1.82) is 0 Å². The van der Waals surface area contributed by atoms with E-state index in [0.29, 0.717) is 30.5 Å². The standard InChI is InChI=1S/C17H17N3O4/c1-22-11-12-4-2-5-13(10-12)18-15(21)7-8-16-19-17(20-24-16)14-6-3-9-23-14/h2-6,9-10H,7-8,11H2,1H3,(H,18,21). The van der Waals surface area contributed by atoms with Crippen LogP contribution in [0.4, 0.5) is 5.69 Å². The number of anilines is 1. The number of methoxy groups -OCH3 is 1. The Kier molecular flexibility index (Phi) is 5.02. The van der Waals surface area contributed by atoms with Crippen LogP contribution in [0.1, 0.15) is 17.9 Å². The fourth-order valence-electron chi connectivity index (χ4n) is 2.21. The first-order valence-corrected chi connectivity index (χ1v) is 7.49. The Bertz CT molecular complexity index is 796. The summed E-state index contributed by atoms with van der Waals surface area (Å²) >= 11 is 0. The van der Waals surface area contributed by atoms with Crippen molar-refractivity contribution in [2.24, 2.45) is 0 Å². The second kappa shape index (κ2) is 7.56. The zero-order chi connectivity index (χ0) is 16.8. The molecule has 0 spiro atoms. The third kappa shape index (κ3) is 4.08. The van der Waals surface area contributed by atoms with Gasteiger partial charge in [0, 0.05) is 25.6 Å². The van der Waals surface area contributed by atoms with Gasteiger partial charge in [0.2, 0.25) is 17.6 Å². The lowest BCUT2D eigenvalue weighted by Crippen LogP contribution is -2.12. The summed E-state index contributed by atoms with van der Waals surface area (Å²) in [6, 6.07) is 11.0. The van der Waals surface area contributed by atoms with E-state index in [4.69, 9.17) is 13.7 Å². The highest BCUT2D eigenvalue weighted by molar-refractivity contribution is 5.90. The molecule has 1 N–H and O–H groups in total. The number of hydrogen-bond donors (Lipinski definition) is 1. The summed E-state index contributed by atoms with van der Waals surface area (Å²) in [7, 11) is 1.63. The fourth-order valence-corrected chi connectivity index (χ4v) is 2.21. The average Bonchev–Trinajstić information content (AvgIpc) is 3.25. The Hall–Kier alpha value is -2.93. The maximum absolute atomic E-state index is 12.0. The number of carbonyl (C=O) groups excluding carboxylic acids is 1. The third-order valence-corrected chi connectivity index (χ3v) is 3.30. The monoisotopic (exact) mass is 327 g/mol. The zero-order valence-corrected chi connectivity index (χ0v) is 13.2. The van der Waals surface area contributed by atoms with Gasteiger partial charge < -0.3 is 19.0 Å². The number of nitrogens with zero attached hydrogens (tertiary/aromatic N) is 2. The van der Waals surface area contributed by atoms with Crippen molar-refractivity contribution in [3.05, 3.63) is 54.1 Å². The minimum absolute atomic E-state index is 0.123. The van der Waals surface area contributed by atoms with Crippen LogP contribution in [0.15, 0.2) is 51.6 Å². The SMILES string of the molecule is COCc1cccc(NC(=O)CCc2nc(-c3ccco3)no2)c1. The maximum atomic E-state index is 12.0. The number of ether oxygens (including phenoxy) is 1. The molecule has 0 radical (unpaired) electrons. The van der Waals surface area contributed by atoms with Crippen molar-refractivity contribution in [3.63, 3.8) is 0 Å². The second-order valence-corrected chi connectivity index (χ2v) is 5.17. The predicted molar refractivity (Wildman–Crippen MR) is 86.1 cm³/mol. The van der Waals surface area contributed by atoms with Gasteiger partial charge in [-0.15, -0.1) is 0 Å². The number of furan rings is 1. The smallest absolute Gasteiger partial charge is 0.238 e. The molecule has 3 aromatic rings. The number of aromatic nitrogens is 2. The van der Waals surface area contributed by atoms with Crippen LogP contribution in [0.3, 0.4) is 0 Å². The van der Waals surface area contributed by atoms with Gasteiger partial charge in [0.1, 0.15) is 0 Å². The first-order valence-electron chi connectivity index (χ1n) is 7.49. The van der Waals surface area contributed by atoms with E-state index in [9.17, 15) is 4.79 Å². The predicted octanol–water partition coefficient (Wildman–Crippen LogP) is 3.05. The molecule has 1 aromatic carbocycles. The number of rotatable bonds is 7. The number of benzene rings is 1. The first-order chi connectivity index (χ1) is 11.7. The molecule has 0 unspecified atom stereocenters. The molecule has 1 amide bonds. The Balaban J connectivity index is 1.53. The number of nitrogens with one attached hydrogen (secondary N) is 1. The van der Waals surface area contributed by atoms with Crippen LogP contribution in [0.5, 0.6) is 0 Å². The molecular formula is C17H17N3O4. The third-order valence-electron chi connectivity index (χ3n) is 3.30. The van der Waals surface area contributed by atoms with Gasteiger partial charge in [0.25, 0.3) is 0 Å². The van der Waals surface area contributed by atoms with E-state index in [2.05, 4.69) is 15.5 Å². The first kappa shape index (κ1) is 15.9. The highest BCUT2D eigenvalue weighted by atomic mass is 16.5. The van der Waals surface area contributed by atoms with Gasteiger partial charge in [0.05, 0.1) is 12.9 Å². The summed E-state index contributed by atoms with van der Waals surface area (Å²) in [6.07, 6.45) is 2.14. The highest BCUT2D eigenvalue weighted by Crippen LogP contribution is 2.16. The molecule has 24 heavy (non-hydrogen) atoms. The summed E-state index contributed by atoms with van der Waals surface area (Å²) in [5.74, 6) is 1.18. The van der Waals surface area contributed by atoms with E-state index in [1.54, 1.807) is 19.2 Å². The fraction of sp³-hybridized carbons (Fsp3) is 0.235. The molecule has 7 nitrogen and oxygen atoms in total. The lowest BCUT2D eigenvalue weighted by Gasteiger charge is -2.06. The van der Waals surface area contributed by atoms with Gasteiger partial charge >= 0.3 is 0 Å². The molecule has 0 aliphatic carbocycles. The number of aryl methyl sites for hydroxylation is 1. The minimum Gasteiger partial charge on any atom is -0.461 e. The van der Waals surface area contributed by atoms with Gasteiger partial charge in [-0.25, -0.2) is 0 Å². The summed E-state index contributed by atoms with van der Waals surface area (Å²) in [6.45, 7) is 0.501. The Morgan fingerprint density at radius 2 is 2.21 bits per heavy atom. The van der Waals surface area contributed by atoms with E-state index in [0.717, 1.165) is 11.3 Å². The van der Waals surface area contributed by atoms with Crippen LogP contribution >= 0.6 is 0 Å². The molecule has 0 fully saturated rings. The molecule has 0 aliphatic rings. The Morgan fingerprint density at radius 1 is 1.29 bits per heavy atom. The van der Waals surface area contributed by atoms with E-state index in [1.807, 2.05) is 24.3 Å². The van der Waals surface area contributed by atoms with E-state index in [-0.39, 0.29) is 12.3 Å². The van der Waals surface area contributed by atoms with Crippen LogP contribution in [-0.2, 0) is 22.6 Å². The average molecular weight is 327 g/mol. The van der Waals surface area contributed by atoms with Crippen molar-refractivity contribution in [3.8, 4) is 11.6 Å². The summed E-state index contributed by atoms with van der Waals surface area (Å²) in [5, 5.41) is 6.67. The van der Waals surface area contributed by atoms with Gasteiger partial charge in [0.15, 0.2) is 5.76 Å². The van der Waals surface area contributed by atoms with Crippen LogP contribution in [0.25, 0.3) is 11.6 Å². The lowest BCUT2D eigenvalue weighted by molar-refractivity contribution is -0.116. The number of hydrogen-bond acceptors (Lipinski definition) is 6. The van der Waals surface area contributed by atoms with Gasteiger partial charge in [-0.3, -0.25) is 4.79 Å². The molecule has 0 saturated heterocycles. The van der Waals surface area contributed by atoms with Crippen molar-refractivity contribution < 1.29 is 18.5 Å². The van der Waals surface area contributed by atoms with Crippen molar-refractivity contribution >= 4 is 11.6 Å². The molecular weight excluding hydrogens is 310 g/mol. The van der Waals surface area contributed by atoms with Crippen LogP contribution < -0.4 is 5.32 Å². The quantitative estimate of drug-likeness (QED) is 0.717. The molecule has 0 atom stereocenters. The lowest BCUT2D eigenvalue weighted by atomic mass is 10.2. The van der Waals surface area contributed by atoms with E-state index >= 15 is 0 Å². The largest absolute Gasteiger partial charge is 0.461 e. The van der Waals surface area contributed by atoms with Crippen molar-refractivity contribution in [2.75, 3.05) is 12.4 Å². The number of amides is 1. The molecule has 3 rings (SSSR count). The topological polar surface area (TPSA) is 90.4 Å². The summed E-state index contributed by atoms with van der Waals surface area (Å²) in [5.41, 5.74) is 1.73. The Morgan fingerprint density at radius 3 is 3.00 bits per heavy atom. The summed E-state index contributed by atoms with van der Waals surface area (Å²) in [4.78, 5) is 16.2. The molecule has 7 heteroatoms. The maximum Gasteiger partial charge on any atom is 0.238 e. The molecule has 2 aromatic heterocycles. The van der Waals surface area contributed by atoms with E-state index in [1.165, 1.54) is 6.26 Å². The van der Waals surface area contributed by atoms with Gasteiger partial charge in [-0.1, -0.05) is 17.3 Å². The Labute approximate surface area is 138 Å². The van der Waals surface area contributed by atoms with Gasteiger partial charge in [-0.05, 0) is 29.8 Å². The van der Waals surface area contributed by atoms with Crippen LogP contribution in [-0.4, -0.2) is 23.2 Å². The van der Waals surface area contributed by atoms with Gasteiger partial charge in [-0.2, -0.15) is 4.98 Å². The van der Waals surface area contributed by atoms with Crippen molar-refractivity contribution in [2.45, 2.75) is 19.4 Å². The normalized spacial score (nSPS) is 10.7. The van der Waals surface area contributed by atoms with Crippen LogP contribution in [0, 0.1) is 0 Å².